The number of pyridine rings is 1. The molecule has 2 rings (SSSR count). The molecule has 20 heavy (non-hydrogen) atoms. The lowest BCUT2D eigenvalue weighted by molar-refractivity contribution is -0.144. The summed E-state index contributed by atoms with van der Waals surface area (Å²) in [4.78, 5) is 27.5. The van der Waals surface area contributed by atoms with Gasteiger partial charge in [-0.05, 0) is 26.0 Å². The Kier molecular flexibility index (Phi) is 3.89. The summed E-state index contributed by atoms with van der Waals surface area (Å²) in [5, 5.41) is 14.3. The highest BCUT2D eigenvalue weighted by Crippen LogP contribution is 2.19. The number of urea groups is 1. The second kappa shape index (κ2) is 5.46. The highest BCUT2D eigenvalue weighted by molar-refractivity contribution is 5.94. The Labute approximate surface area is 116 Å². The number of aryl methyl sites for hydroxylation is 2. The van der Waals surface area contributed by atoms with E-state index >= 15 is 0 Å². The number of anilines is 1. The van der Waals surface area contributed by atoms with Gasteiger partial charge in [0.25, 0.3) is 0 Å². The van der Waals surface area contributed by atoms with E-state index in [-0.39, 0.29) is 13.0 Å². The molecule has 1 atom stereocenters. The largest absolute Gasteiger partial charge is 0.479 e. The Morgan fingerprint density at radius 2 is 2.15 bits per heavy atom. The lowest BCUT2D eigenvalue weighted by atomic mass is 9.99. The number of carbonyl (C=O) groups is 2. The zero-order valence-electron chi connectivity index (χ0n) is 11.4. The molecular weight excluding hydrogens is 262 g/mol. The molecule has 1 aliphatic rings. The number of nitrogens with zero attached hydrogens (tertiary/aromatic N) is 1. The first-order chi connectivity index (χ1) is 9.43. The Balaban J connectivity index is 2.07. The molecule has 7 nitrogen and oxygen atoms in total. The van der Waals surface area contributed by atoms with Crippen LogP contribution in [0.3, 0.4) is 0 Å². The minimum Gasteiger partial charge on any atom is -0.479 e. The maximum Gasteiger partial charge on any atom is 0.332 e. The Bertz CT molecular complexity index is 538. The number of hydrogen-bond acceptors (Lipinski definition) is 4. The molecule has 0 radical (unpaired) electrons. The van der Waals surface area contributed by atoms with E-state index in [4.69, 9.17) is 4.74 Å². The maximum absolute atomic E-state index is 11.9. The molecule has 1 fully saturated rings. The SMILES string of the molecule is Cc1ccc(NC(=O)NC2(C(=O)O)CCOC2)c(C)n1. The summed E-state index contributed by atoms with van der Waals surface area (Å²) in [7, 11) is 0. The maximum atomic E-state index is 11.9. The van der Waals surface area contributed by atoms with Crippen molar-refractivity contribution in [2.24, 2.45) is 0 Å². The molecule has 0 aromatic carbocycles. The molecule has 0 saturated carbocycles. The Morgan fingerprint density at radius 1 is 1.40 bits per heavy atom. The summed E-state index contributed by atoms with van der Waals surface area (Å²) in [5.41, 5.74) is 0.718. The van der Waals surface area contributed by atoms with Crippen LogP contribution in [0, 0.1) is 13.8 Å². The van der Waals surface area contributed by atoms with Crippen molar-refractivity contribution in [1.29, 1.82) is 0 Å². The molecule has 2 heterocycles. The van der Waals surface area contributed by atoms with Crippen LogP contribution < -0.4 is 10.6 Å². The average molecular weight is 279 g/mol. The summed E-state index contributed by atoms with van der Waals surface area (Å²) >= 11 is 0. The topological polar surface area (TPSA) is 101 Å². The van der Waals surface area contributed by atoms with Gasteiger partial charge in [-0.3, -0.25) is 4.98 Å². The van der Waals surface area contributed by atoms with Gasteiger partial charge in [0.15, 0.2) is 5.54 Å². The first-order valence-corrected chi connectivity index (χ1v) is 6.27. The smallest absolute Gasteiger partial charge is 0.332 e. The van der Waals surface area contributed by atoms with Crippen LogP contribution >= 0.6 is 0 Å². The average Bonchev–Trinajstić information content (AvgIpc) is 2.82. The number of nitrogens with one attached hydrogen (secondary N) is 2. The summed E-state index contributed by atoms with van der Waals surface area (Å²) in [6.07, 6.45) is 0.251. The molecule has 0 aliphatic carbocycles. The third kappa shape index (κ3) is 2.88. The van der Waals surface area contributed by atoms with Crippen molar-refractivity contribution in [2.75, 3.05) is 18.5 Å². The van der Waals surface area contributed by atoms with Crippen LogP contribution in [0.5, 0.6) is 0 Å². The number of carbonyl (C=O) groups excluding carboxylic acids is 1. The lowest BCUT2D eigenvalue weighted by Gasteiger charge is -2.24. The summed E-state index contributed by atoms with van der Waals surface area (Å²) < 4.78 is 5.08. The van der Waals surface area contributed by atoms with Gasteiger partial charge in [0.1, 0.15) is 0 Å². The third-order valence-corrected chi connectivity index (χ3v) is 3.26. The van der Waals surface area contributed by atoms with E-state index in [1.54, 1.807) is 19.1 Å². The van der Waals surface area contributed by atoms with Crippen molar-refractivity contribution in [3.63, 3.8) is 0 Å². The molecule has 0 spiro atoms. The number of carboxylic acid groups (broad SMARTS) is 1. The van der Waals surface area contributed by atoms with Crippen molar-refractivity contribution in [1.82, 2.24) is 10.3 Å². The van der Waals surface area contributed by atoms with Gasteiger partial charge < -0.3 is 20.5 Å². The predicted octanol–water partition coefficient (Wildman–Crippen LogP) is 1.06. The molecule has 2 amide bonds. The van der Waals surface area contributed by atoms with Gasteiger partial charge in [-0.2, -0.15) is 0 Å². The fourth-order valence-electron chi connectivity index (χ4n) is 2.08. The van der Waals surface area contributed by atoms with Gasteiger partial charge >= 0.3 is 12.0 Å². The number of rotatable bonds is 3. The minimum atomic E-state index is -1.35. The van der Waals surface area contributed by atoms with E-state index in [2.05, 4.69) is 15.6 Å². The standard InChI is InChI=1S/C13H17N3O4/c1-8-3-4-10(9(2)14-8)15-12(19)16-13(11(17)18)5-6-20-7-13/h3-4H,5-7H2,1-2H3,(H,17,18)(H2,15,16,19). The van der Waals surface area contributed by atoms with Gasteiger partial charge in [-0.15, -0.1) is 0 Å². The van der Waals surface area contributed by atoms with Gasteiger partial charge in [-0.1, -0.05) is 0 Å². The van der Waals surface area contributed by atoms with Gasteiger partial charge in [-0.25, -0.2) is 9.59 Å². The summed E-state index contributed by atoms with van der Waals surface area (Å²) in [6, 6.07) is 2.93. The molecule has 0 bridgehead atoms. The molecule has 1 aromatic rings. The zero-order valence-corrected chi connectivity index (χ0v) is 11.4. The molecule has 7 heteroatoms. The van der Waals surface area contributed by atoms with Gasteiger partial charge in [0.05, 0.1) is 18.0 Å². The lowest BCUT2D eigenvalue weighted by Crippen LogP contribution is -2.56. The Hall–Kier alpha value is -2.15. The number of carboxylic acids is 1. The van der Waals surface area contributed by atoms with Gasteiger partial charge in [0.2, 0.25) is 0 Å². The van der Waals surface area contributed by atoms with Crippen LogP contribution in [0.1, 0.15) is 17.8 Å². The van der Waals surface area contributed by atoms with Crippen molar-refractivity contribution in [2.45, 2.75) is 25.8 Å². The Morgan fingerprint density at radius 3 is 2.70 bits per heavy atom. The number of ether oxygens (including phenoxy) is 1. The molecule has 1 aromatic heterocycles. The fraction of sp³-hybridized carbons (Fsp3) is 0.462. The fourth-order valence-corrected chi connectivity index (χ4v) is 2.08. The van der Waals surface area contributed by atoms with Crippen LogP contribution in [0.15, 0.2) is 12.1 Å². The minimum absolute atomic E-state index is 0.0269. The quantitative estimate of drug-likeness (QED) is 0.768. The number of aromatic nitrogens is 1. The van der Waals surface area contributed by atoms with Crippen molar-refractivity contribution in [3.05, 3.63) is 23.5 Å². The molecule has 1 unspecified atom stereocenters. The normalized spacial score (nSPS) is 21.5. The second-order valence-corrected chi connectivity index (χ2v) is 4.85. The van der Waals surface area contributed by atoms with E-state index in [9.17, 15) is 14.7 Å². The highest BCUT2D eigenvalue weighted by atomic mass is 16.5. The van der Waals surface area contributed by atoms with E-state index in [1.165, 1.54) is 0 Å². The van der Waals surface area contributed by atoms with Crippen molar-refractivity contribution >= 4 is 17.7 Å². The van der Waals surface area contributed by atoms with Crippen LogP contribution in [0.4, 0.5) is 10.5 Å². The van der Waals surface area contributed by atoms with E-state index in [1.807, 2.05) is 6.92 Å². The number of aliphatic carboxylic acids is 1. The molecule has 1 aliphatic heterocycles. The summed E-state index contributed by atoms with van der Waals surface area (Å²) in [6.45, 7) is 3.92. The first-order valence-electron chi connectivity index (χ1n) is 6.27. The van der Waals surface area contributed by atoms with E-state index in [0.29, 0.717) is 18.0 Å². The monoisotopic (exact) mass is 279 g/mol. The summed E-state index contributed by atoms with van der Waals surface area (Å²) in [5.74, 6) is -1.09. The van der Waals surface area contributed by atoms with Crippen LogP contribution in [0.25, 0.3) is 0 Å². The predicted molar refractivity (Wildman–Crippen MR) is 71.7 cm³/mol. The highest BCUT2D eigenvalue weighted by Gasteiger charge is 2.44. The van der Waals surface area contributed by atoms with Gasteiger partial charge in [0, 0.05) is 18.7 Å². The first kappa shape index (κ1) is 14.3. The number of hydrogen-bond donors (Lipinski definition) is 3. The molecule has 1 saturated heterocycles. The van der Waals surface area contributed by atoms with Crippen molar-refractivity contribution in [3.8, 4) is 0 Å². The van der Waals surface area contributed by atoms with Crippen LogP contribution in [-0.2, 0) is 9.53 Å². The second-order valence-electron chi connectivity index (χ2n) is 4.85. The molecular formula is C13H17N3O4. The van der Waals surface area contributed by atoms with E-state index < -0.39 is 17.5 Å². The number of amides is 2. The van der Waals surface area contributed by atoms with Crippen molar-refractivity contribution < 1.29 is 19.4 Å². The zero-order chi connectivity index (χ0) is 14.8. The third-order valence-electron chi connectivity index (χ3n) is 3.26. The molecule has 108 valence electrons. The van der Waals surface area contributed by atoms with Crippen LogP contribution in [0.2, 0.25) is 0 Å². The van der Waals surface area contributed by atoms with E-state index in [0.717, 1.165) is 5.69 Å². The molecule has 3 N–H and O–H groups in total. The van der Waals surface area contributed by atoms with Crippen LogP contribution in [-0.4, -0.2) is 40.8 Å².